The number of aromatic nitrogens is 1. The highest BCUT2D eigenvalue weighted by Crippen LogP contribution is 2.27. The molecule has 2 aromatic rings. The number of amides is 1. The number of carbonyl (C=O) groups excluding carboxylic acids is 1. The summed E-state index contributed by atoms with van der Waals surface area (Å²) >= 11 is 0. The minimum Gasteiger partial charge on any atom is -0.351 e. The normalized spacial score (nSPS) is 15.1. The Bertz CT molecular complexity index is 728. The van der Waals surface area contributed by atoms with E-state index in [1.807, 2.05) is 23.1 Å². The van der Waals surface area contributed by atoms with E-state index in [1.165, 1.54) is 6.07 Å². The van der Waals surface area contributed by atoms with Crippen molar-refractivity contribution in [2.75, 3.05) is 18.0 Å². The van der Waals surface area contributed by atoms with Crippen LogP contribution in [-0.2, 0) is 0 Å². The van der Waals surface area contributed by atoms with Gasteiger partial charge >= 0.3 is 5.69 Å². The first kappa shape index (κ1) is 15.9. The molecule has 1 N–H and O–H groups in total. The van der Waals surface area contributed by atoms with Crippen molar-refractivity contribution in [3.8, 4) is 0 Å². The van der Waals surface area contributed by atoms with Crippen LogP contribution >= 0.6 is 0 Å². The maximum absolute atomic E-state index is 12.2. The lowest BCUT2D eigenvalue weighted by molar-refractivity contribution is -0.384. The van der Waals surface area contributed by atoms with Gasteiger partial charge < -0.3 is 10.2 Å². The fourth-order valence-electron chi connectivity index (χ4n) is 2.87. The van der Waals surface area contributed by atoms with E-state index in [1.54, 1.807) is 24.4 Å². The number of benzene rings is 1. The first-order valence-electron chi connectivity index (χ1n) is 7.85. The highest BCUT2D eigenvalue weighted by atomic mass is 16.6. The Morgan fingerprint density at radius 1 is 1.17 bits per heavy atom. The molecule has 0 saturated carbocycles. The van der Waals surface area contributed by atoms with E-state index in [4.69, 9.17) is 0 Å². The highest BCUT2D eigenvalue weighted by molar-refractivity contribution is 5.94. The zero-order chi connectivity index (χ0) is 16.9. The Balaban J connectivity index is 1.60. The Kier molecular flexibility index (Phi) is 4.69. The third kappa shape index (κ3) is 3.51. The van der Waals surface area contributed by atoms with Crippen LogP contribution in [0.4, 0.5) is 11.5 Å². The lowest BCUT2D eigenvalue weighted by atomic mass is 10.0. The summed E-state index contributed by atoms with van der Waals surface area (Å²) in [6, 6.07) is 12.2. The SMILES string of the molecule is O=C(NC1CCN(c2ncccc2[N+](=O)[O-])CC1)c1ccccc1. The molecule has 1 aromatic heterocycles. The first-order valence-corrected chi connectivity index (χ1v) is 7.85. The van der Waals surface area contributed by atoms with Crippen LogP contribution in [0.25, 0.3) is 0 Å². The maximum Gasteiger partial charge on any atom is 0.311 e. The summed E-state index contributed by atoms with van der Waals surface area (Å²) in [5, 5.41) is 14.1. The molecule has 0 atom stereocenters. The second-order valence-corrected chi connectivity index (χ2v) is 5.70. The smallest absolute Gasteiger partial charge is 0.311 e. The van der Waals surface area contributed by atoms with E-state index in [0.717, 1.165) is 12.8 Å². The van der Waals surface area contributed by atoms with Crippen LogP contribution in [0.5, 0.6) is 0 Å². The summed E-state index contributed by atoms with van der Waals surface area (Å²) in [6.45, 7) is 1.25. The summed E-state index contributed by atoms with van der Waals surface area (Å²) in [7, 11) is 0. The van der Waals surface area contributed by atoms with E-state index in [-0.39, 0.29) is 17.6 Å². The van der Waals surface area contributed by atoms with Crippen molar-refractivity contribution in [2.45, 2.75) is 18.9 Å². The highest BCUT2D eigenvalue weighted by Gasteiger charge is 2.26. The van der Waals surface area contributed by atoms with Crippen LogP contribution in [0.1, 0.15) is 23.2 Å². The van der Waals surface area contributed by atoms with Gasteiger partial charge in [-0.05, 0) is 31.0 Å². The predicted octanol–water partition coefficient (Wildman–Crippen LogP) is 2.39. The first-order chi connectivity index (χ1) is 11.6. The van der Waals surface area contributed by atoms with Crippen LogP contribution < -0.4 is 10.2 Å². The molecule has 7 nitrogen and oxygen atoms in total. The van der Waals surface area contributed by atoms with Crippen molar-refractivity contribution in [2.24, 2.45) is 0 Å². The van der Waals surface area contributed by atoms with Crippen molar-refractivity contribution in [1.82, 2.24) is 10.3 Å². The number of hydrogen-bond acceptors (Lipinski definition) is 5. The number of pyridine rings is 1. The summed E-state index contributed by atoms with van der Waals surface area (Å²) in [4.78, 5) is 28.9. The van der Waals surface area contributed by atoms with Gasteiger partial charge in [-0.25, -0.2) is 4.98 Å². The molecule has 124 valence electrons. The second kappa shape index (κ2) is 7.08. The number of piperidine rings is 1. The molecule has 2 heterocycles. The Hall–Kier alpha value is -2.96. The molecule has 0 bridgehead atoms. The van der Waals surface area contributed by atoms with Gasteiger partial charge in [0.05, 0.1) is 4.92 Å². The molecule has 1 saturated heterocycles. The summed E-state index contributed by atoms with van der Waals surface area (Å²) < 4.78 is 0. The summed E-state index contributed by atoms with van der Waals surface area (Å²) in [5.74, 6) is 0.313. The van der Waals surface area contributed by atoms with Crippen LogP contribution in [0, 0.1) is 10.1 Å². The van der Waals surface area contributed by atoms with Crippen molar-refractivity contribution in [1.29, 1.82) is 0 Å². The predicted molar refractivity (Wildman–Crippen MR) is 90.0 cm³/mol. The molecular weight excluding hydrogens is 308 g/mol. The molecule has 1 fully saturated rings. The van der Waals surface area contributed by atoms with Gasteiger partial charge in [0, 0.05) is 37.0 Å². The molecule has 0 radical (unpaired) electrons. The zero-order valence-electron chi connectivity index (χ0n) is 13.1. The van der Waals surface area contributed by atoms with Gasteiger partial charge in [-0.15, -0.1) is 0 Å². The number of hydrogen-bond donors (Lipinski definition) is 1. The Morgan fingerprint density at radius 2 is 1.88 bits per heavy atom. The molecule has 3 rings (SSSR count). The van der Waals surface area contributed by atoms with Gasteiger partial charge in [0.2, 0.25) is 5.82 Å². The van der Waals surface area contributed by atoms with Gasteiger partial charge in [0.15, 0.2) is 0 Å². The lowest BCUT2D eigenvalue weighted by Gasteiger charge is -2.32. The minimum atomic E-state index is -0.411. The van der Waals surface area contributed by atoms with Gasteiger partial charge in [-0.2, -0.15) is 0 Å². The number of anilines is 1. The van der Waals surface area contributed by atoms with Crippen molar-refractivity contribution < 1.29 is 9.72 Å². The average molecular weight is 326 g/mol. The maximum atomic E-state index is 12.2. The topological polar surface area (TPSA) is 88.4 Å². The summed E-state index contributed by atoms with van der Waals surface area (Å²) in [5.41, 5.74) is 0.657. The molecule has 24 heavy (non-hydrogen) atoms. The number of carbonyl (C=O) groups is 1. The molecule has 0 spiro atoms. The number of nitrogens with one attached hydrogen (secondary N) is 1. The molecule has 7 heteroatoms. The zero-order valence-corrected chi connectivity index (χ0v) is 13.1. The van der Waals surface area contributed by atoms with E-state index in [0.29, 0.717) is 24.5 Å². The number of nitro groups is 1. The lowest BCUT2D eigenvalue weighted by Crippen LogP contribution is -2.45. The van der Waals surface area contributed by atoms with Gasteiger partial charge in [-0.1, -0.05) is 18.2 Å². The van der Waals surface area contributed by atoms with Crippen molar-refractivity contribution in [3.05, 3.63) is 64.3 Å². The van der Waals surface area contributed by atoms with Crippen molar-refractivity contribution in [3.63, 3.8) is 0 Å². The third-order valence-corrected chi connectivity index (χ3v) is 4.13. The van der Waals surface area contributed by atoms with Crippen LogP contribution in [0.2, 0.25) is 0 Å². The quantitative estimate of drug-likeness (QED) is 0.688. The molecule has 1 aromatic carbocycles. The fourth-order valence-corrected chi connectivity index (χ4v) is 2.87. The molecule has 1 aliphatic heterocycles. The number of nitrogens with zero attached hydrogens (tertiary/aromatic N) is 3. The van der Waals surface area contributed by atoms with Crippen molar-refractivity contribution >= 4 is 17.4 Å². The monoisotopic (exact) mass is 326 g/mol. The fraction of sp³-hybridized carbons (Fsp3) is 0.294. The molecule has 1 amide bonds. The van der Waals surface area contributed by atoms with Crippen LogP contribution in [0.3, 0.4) is 0 Å². The second-order valence-electron chi connectivity index (χ2n) is 5.70. The Labute approximate surface area is 139 Å². The molecule has 0 aliphatic carbocycles. The van der Waals surface area contributed by atoms with Gasteiger partial charge in [0.25, 0.3) is 5.91 Å². The molecule has 1 aliphatic rings. The third-order valence-electron chi connectivity index (χ3n) is 4.13. The summed E-state index contributed by atoms with van der Waals surface area (Å²) in [6.07, 6.45) is 3.02. The largest absolute Gasteiger partial charge is 0.351 e. The van der Waals surface area contributed by atoms with Crippen LogP contribution in [-0.4, -0.2) is 34.9 Å². The van der Waals surface area contributed by atoms with E-state index < -0.39 is 4.92 Å². The molecular formula is C17H18N4O3. The minimum absolute atomic E-state index is 0.0178. The van der Waals surface area contributed by atoms with Crippen LogP contribution in [0.15, 0.2) is 48.7 Å². The van der Waals surface area contributed by atoms with Gasteiger partial charge in [-0.3, -0.25) is 14.9 Å². The average Bonchev–Trinajstić information content (AvgIpc) is 2.63. The number of rotatable bonds is 4. The van der Waals surface area contributed by atoms with E-state index in [2.05, 4.69) is 10.3 Å². The van der Waals surface area contributed by atoms with E-state index >= 15 is 0 Å². The Morgan fingerprint density at radius 3 is 2.54 bits per heavy atom. The standard InChI is InChI=1S/C17H18N4O3/c22-17(13-5-2-1-3-6-13)19-14-8-11-20(12-9-14)16-15(21(23)24)7-4-10-18-16/h1-7,10,14H,8-9,11-12H2,(H,19,22). The van der Waals surface area contributed by atoms with Gasteiger partial charge in [0.1, 0.15) is 0 Å². The molecule has 0 unspecified atom stereocenters. The van der Waals surface area contributed by atoms with E-state index in [9.17, 15) is 14.9 Å².